The van der Waals surface area contributed by atoms with Crippen LogP contribution in [0.3, 0.4) is 0 Å². The molecule has 2 aliphatic heterocycles. The van der Waals surface area contributed by atoms with Gasteiger partial charge in [-0.05, 0) is 37.1 Å². The van der Waals surface area contributed by atoms with Crippen molar-refractivity contribution in [1.82, 2.24) is 25.7 Å². The summed E-state index contributed by atoms with van der Waals surface area (Å²) in [4.78, 5) is 15.0. The Morgan fingerprint density at radius 3 is 2.63 bits per heavy atom. The molecule has 0 spiro atoms. The Kier molecular flexibility index (Phi) is 6.88. The Bertz CT molecular complexity index is 752. The number of piperidine rings is 1. The average molecular weight is 390 g/mol. The molecule has 146 valence electrons. The molecule has 3 N–H and O–H groups in total. The predicted molar refractivity (Wildman–Crippen MR) is 108 cm³/mol. The van der Waals surface area contributed by atoms with E-state index in [-0.39, 0.29) is 18.3 Å². The zero-order valence-electron chi connectivity index (χ0n) is 15.6. The molecule has 1 fully saturated rings. The van der Waals surface area contributed by atoms with Crippen LogP contribution in [0, 0.1) is 0 Å². The number of benzene rings is 1. The van der Waals surface area contributed by atoms with Gasteiger partial charge in [0.25, 0.3) is 5.91 Å². The maximum absolute atomic E-state index is 12.5. The van der Waals surface area contributed by atoms with Crippen LogP contribution in [0.2, 0.25) is 0 Å². The van der Waals surface area contributed by atoms with Crippen molar-refractivity contribution in [3.8, 4) is 0 Å². The van der Waals surface area contributed by atoms with Gasteiger partial charge in [0.05, 0.1) is 0 Å². The number of hydrogen-bond donors (Lipinski definition) is 3. The second-order valence-corrected chi connectivity index (χ2v) is 7.29. The second-order valence-electron chi connectivity index (χ2n) is 7.29. The van der Waals surface area contributed by atoms with E-state index in [4.69, 9.17) is 0 Å². The van der Waals surface area contributed by atoms with Crippen LogP contribution in [0.5, 0.6) is 0 Å². The summed E-state index contributed by atoms with van der Waals surface area (Å²) in [6.07, 6.45) is 4.89. The highest BCUT2D eigenvalue weighted by Gasteiger charge is 2.21. The molecule has 7 heteroatoms. The molecular weight excluding hydrogens is 362 g/mol. The molecule has 1 aromatic carbocycles. The largest absolute Gasteiger partial charge is 0.347 e. The van der Waals surface area contributed by atoms with Crippen LogP contribution >= 0.6 is 12.4 Å². The van der Waals surface area contributed by atoms with Crippen molar-refractivity contribution in [3.05, 3.63) is 52.3 Å². The highest BCUT2D eigenvalue weighted by atomic mass is 35.5. The predicted octanol–water partition coefficient (Wildman–Crippen LogP) is 2.39. The van der Waals surface area contributed by atoms with Crippen molar-refractivity contribution in [1.29, 1.82) is 0 Å². The SMILES string of the molecule is Cl.O=C(NCc1ccc(CN2CCCCC2)cc1)c1n[nH]c2c1CNCC2. The standard InChI is InChI=1S/C20H27N5O.ClH/c26-20(19-17-13-21-9-8-18(17)23-24-19)22-12-15-4-6-16(7-5-15)14-25-10-2-1-3-11-25;/h4-7,21H,1-3,8-14H2,(H,22,26)(H,23,24);1H. The van der Waals surface area contributed by atoms with Crippen molar-refractivity contribution in [3.63, 3.8) is 0 Å². The minimum Gasteiger partial charge on any atom is -0.347 e. The molecule has 0 saturated carbocycles. The summed E-state index contributed by atoms with van der Waals surface area (Å²) in [5.41, 5.74) is 5.06. The Hall–Kier alpha value is -1.89. The summed E-state index contributed by atoms with van der Waals surface area (Å²) in [5.74, 6) is -0.108. The molecule has 0 radical (unpaired) electrons. The number of rotatable bonds is 5. The van der Waals surface area contributed by atoms with Gasteiger partial charge in [-0.2, -0.15) is 5.10 Å². The van der Waals surface area contributed by atoms with Crippen LogP contribution in [0.1, 0.15) is 52.1 Å². The maximum Gasteiger partial charge on any atom is 0.272 e. The third-order valence-electron chi connectivity index (χ3n) is 5.35. The van der Waals surface area contributed by atoms with Crippen molar-refractivity contribution in [2.45, 2.75) is 45.3 Å². The maximum atomic E-state index is 12.5. The van der Waals surface area contributed by atoms with Crippen LogP contribution in [0.4, 0.5) is 0 Å². The van der Waals surface area contributed by atoms with Crippen molar-refractivity contribution in [2.75, 3.05) is 19.6 Å². The van der Waals surface area contributed by atoms with E-state index in [1.54, 1.807) is 0 Å². The summed E-state index contributed by atoms with van der Waals surface area (Å²) < 4.78 is 0. The fraction of sp³-hybridized carbons (Fsp3) is 0.500. The molecule has 0 aliphatic carbocycles. The van der Waals surface area contributed by atoms with E-state index in [2.05, 4.69) is 50.0 Å². The molecule has 0 bridgehead atoms. The first-order valence-electron chi connectivity index (χ1n) is 9.65. The second kappa shape index (κ2) is 9.35. The van der Waals surface area contributed by atoms with Gasteiger partial charge in [-0.1, -0.05) is 30.7 Å². The number of aromatic nitrogens is 2. The molecular formula is C20H28ClN5O. The van der Waals surface area contributed by atoms with E-state index in [1.165, 1.54) is 37.9 Å². The zero-order valence-corrected chi connectivity index (χ0v) is 16.4. The van der Waals surface area contributed by atoms with Crippen LogP contribution in [-0.4, -0.2) is 40.6 Å². The normalized spacial score (nSPS) is 17.0. The number of fused-ring (bicyclic) bond motifs is 1. The number of carbonyl (C=O) groups is 1. The van der Waals surface area contributed by atoms with E-state index < -0.39 is 0 Å². The number of carbonyl (C=O) groups excluding carboxylic acids is 1. The fourth-order valence-electron chi connectivity index (χ4n) is 3.82. The first-order valence-corrected chi connectivity index (χ1v) is 9.65. The number of likely N-dealkylation sites (tertiary alicyclic amines) is 1. The molecule has 27 heavy (non-hydrogen) atoms. The molecule has 2 aliphatic rings. The zero-order chi connectivity index (χ0) is 17.8. The Labute approximate surface area is 166 Å². The highest BCUT2D eigenvalue weighted by Crippen LogP contribution is 2.16. The van der Waals surface area contributed by atoms with E-state index in [0.717, 1.165) is 36.3 Å². The van der Waals surface area contributed by atoms with Gasteiger partial charge in [-0.25, -0.2) is 0 Å². The lowest BCUT2D eigenvalue weighted by molar-refractivity contribution is 0.0944. The Morgan fingerprint density at radius 1 is 1.11 bits per heavy atom. The molecule has 1 amide bonds. The molecule has 4 rings (SSSR count). The fourth-order valence-corrected chi connectivity index (χ4v) is 3.82. The van der Waals surface area contributed by atoms with Crippen LogP contribution in [-0.2, 0) is 26.1 Å². The molecule has 0 unspecified atom stereocenters. The minimum atomic E-state index is -0.108. The topological polar surface area (TPSA) is 73.0 Å². The van der Waals surface area contributed by atoms with Crippen molar-refractivity contribution < 1.29 is 4.79 Å². The number of amides is 1. The van der Waals surface area contributed by atoms with Crippen LogP contribution in [0.25, 0.3) is 0 Å². The lowest BCUT2D eigenvalue weighted by atomic mass is 10.1. The van der Waals surface area contributed by atoms with E-state index >= 15 is 0 Å². The summed E-state index contributed by atoms with van der Waals surface area (Å²) in [7, 11) is 0. The van der Waals surface area contributed by atoms with Crippen molar-refractivity contribution in [2.24, 2.45) is 0 Å². The summed E-state index contributed by atoms with van der Waals surface area (Å²) in [6, 6.07) is 8.58. The van der Waals surface area contributed by atoms with Gasteiger partial charge >= 0.3 is 0 Å². The number of nitrogens with zero attached hydrogens (tertiary/aromatic N) is 2. The molecule has 1 saturated heterocycles. The lowest BCUT2D eigenvalue weighted by Gasteiger charge is -2.26. The highest BCUT2D eigenvalue weighted by molar-refractivity contribution is 5.94. The number of aromatic amines is 1. The summed E-state index contributed by atoms with van der Waals surface area (Å²) in [6.45, 7) is 5.61. The number of H-pyrrole nitrogens is 1. The molecule has 6 nitrogen and oxygen atoms in total. The molecule has 0 atom stereocenters. The third kappa shape index (κ3) is 4.89. The Balaban J connectivity index is 0.00000210. The summed E-state index contributed by atoms with van der Waals surface area (Å²) >= 11 is 0. The van der Waals surface area contributed by atoms with E-state index in [1.807, 2.05) is 0 Å². The minimum absolute atomic E-state index is 0. The van der Waals surface area contributed by atoms with Gasteiger partial charge in [-0.15, -0.1) is 12.4 Å². The quantitative estimate of drug-likeness (QED) is 0.734. The first kappa shape index (κ1) is 19.9. The number of nitrogens with one attached hydrogen (secondary N) is 3. The van der Waals surface area contributed by atoms with Gasteiger partial charge in [-0.3, -0.25) is 14.8 Å². The summed E-state index contributed by atoms with van der Waals surface area (Å²) in [5, 5.41) is 13.5. The molecule has 1 aromatic heterocycles. The van der Waals surface area contributed by atoms with Gasteiger partial charge < -0.3 is 10.6 Å². The number of hydrogen-bond acceptors (Lipinski definition) is 4. The first-order chi connectivity index (χ1) is 12.8. The van der Waals surface area contributed by atoms with Crippen molar-refractivity contribution >= 4 is 18.3 Å². The van der Waals surface area contributed by atoms with Crippen LogP contribution < -0.4 is 10.6 Å². The molecule has 3 heterocycles. The van der Waals surface area contributed by atoms with Gasteiger partial charge in [0.15, 0.2) is 5.69 Å². The number of halogens is 1. The third-order valence-corrected chi connectivity index (χ3v) is 5.35. The van der Waals surface area contributed by atoms with E-state index in [0.29, 0.717) is 18.8 Å². The van der Waals surface area contributed by atoms with Gasteiger partial charge in [0, 0.05) is 43.9 Å². The smallest absolute Gasteiger partial charge is 0.272 e. The molecule has 2 aromatic rings. The lowest BCUT2D eigenvalue weighted by Crippen LogP contribution is -2.29. The monoisotopic (exact) mass is 389 g/mol. The van der Waals surface area contributed by atoms with Gasteiger partial charge in [0.1, 0.15) is 0 Å². The Morgan fingerprint density at radius 2 is 1.85 bits per heavy atom. The van der Waals surface area contributed by atoms with E-state index in [9.17, 15) is 4.79 Å². The average Bonchev–Trinajstić information content (AvgIpc) is 3.12. The van der Waals surface area contributed by atoms with Crippen LogP contribution in [0.15, 0.2) is 24.3 Å². The van der Waals surface area contributed by atoms with Gasteiger partial charge in [0.2, 0.25) is 0 Å².